The molecule has 1 aromatic carbocycles. The lowest BCUT2D eigenvalue weighted by molar-refractivity contribution is -0.136. The molecule has 1 N–H and O–H groups in total. The Morgan fingerprint density at radius 2 is 2.06 bits per heavy atom. The van der Waals surface area contributed by atoms with E-state index in [4.69, 9.17) is 21.4 Å². The van der Waals surface area contributed by atoms with Gasteiger partial charge in [-0.05, 0) is 34.5 Å². The number of carbonyl (C=O) groups is 2. The molecular formula is C12H12BrClO4. The first-order valence-electron chi connectivity index (χ1n) is 5.16. The van der Waals surface area contributed by atoms with Crippen LogP contribution in [0.15, 0.2) is 10.5 Å². The van der Waals surface area contributed by atoms with Crippen molar-refractivity contribution < 1.29 is 19.4 Å². The molecular weight excluding hydrogens is 323 g/mol. The number of carboxylic acids is 1. The van der Waals surface area contributed by atoms with E-state index in [1.165, 1.54) is 13.2 Å². The predicted molar refractivity (Wildman–Crippen MR) is 71.6 cm³/mol. The number of aliphatic carboxylic acids is 1. The van der Waals surface area contributed by atoms with Gasteiger partial charge >= 0.3 is 5.97 Å². The van der Waals surface area contributed by atoms with Gasteiger partial charge in [0.05, 0.1) is 23.6 Å². The number of Topliss-reactive ketones (excluding diaryl/α,β-unsaturated/α-hetero) is 1. The van der Waals surface area contributed by atoms with Crippen molar-refractivity contribution in [3.05, 3.63) is 26.7 Å². The number of carboxylic acid groups (broad SMARTS) is 1. The summed E-state index contributed by atoms with van der Waals surface area (Å²) < 4.78 is 5.77. The number of halogens is 2. The molecule has 0 atom stereocenters. The molecule has 18 heavy (non-hydrogen) atoms. The van der Waals surface area contributed by atoms with E-state index in [9.17, 15) is 9.59 Å². The van der Waals surface area contributed by atoms with Gasteiger partial charge in [0.1, 0.15) is 5.75 Å². The van der Waals surface area contributed by atoms with E-state index < -0.39 is 5.97 Å². The van der Waals surface area contributed by atoms with Gasteiger partial charge in [-0.2, -0.15) is 0 Å². The molecule has 0 spiro atoms. The Labute approximate surface area is 118 Å². The van der Waals surface area contributed by atoms with E-state index in [1.54, 1.807) is 6.92 Å². The van der Waals surface area contributed by atoms with Crippen LogP contribution in [0.4, 0.5) is 0 Å². The van der Waals surface area contributed by atoms with E-state index in [1.807, 2.05) is 0 Å². The molecule has 0 radical (unpaired) electrons. The third kappa shape index (κ3) is 3.23. The molecule has 98 valence electrons. The zero-order valence-corrected chi connectivity index (χ0v) is 12.3. The van der Waals surface area contributed by atoms with Crippen LogP contribution in [0.25, 0.3) is 0 Å². The van der Waals surface area contributed by atoms with Crippen molar-refractivity contribution in [2.75, 3.05) is 7.11 Å². The number of rotatable bonds is 5. The molecule has 0 aliphatic heterocycles. The molecule has 6 heteroatoms. The van der Waals surface area contributed by atoms with Crippen molar-refractivity contribution in [3.63, 3.8) is 0 Å². The van der Waals surface area contributed by atoms with Crippen LogP contribution in [-0.2, 0) is 4.79 Å². The third-order valence-corrected chi connectivity index (χ3v) is 3.82. The SMILES string of the molecule is COc1c(C(=O)CCC(=O)O)cc(Cl)c(C)c1Br. The number of hydrogen-bond donors (Lipinski definition) is 1. The van der Waals surface area contributed by atoms with Crippen molar-refractivity contribution in [1.82, 2.24) is 0 Å². The Balaban J connectivity index is 3.15. The predicted octanol–water partition coefficient (Wildman–Crippen LogP) is 3.47. The van der Waals surface area contributed by atoms with Crippen LogP contribution in [-0.4, -0.2) is 24.0 Å². The van der Waals surface area contributed by atoms with Crippen molar-refractivity contribution in [2.45, 2.75) is 19.8 Å². The summed E-state index contributed by atoms with van der Waals surface area (Å²) in [7, 11) is 1.45. The lowest BCUT2D eigenvalue weighted by atomic mass is 10.0. The number of hydrogen-bond acceptors (Lipinski definition) is 3. The van der Waals surface area contributed by atoms with Crippen LogP contribution in [0.5, 0.6) is 5.75 Å². The third-order valence-electron chi connectivity index (χ3n) is 2.47. The molecule has 0 bridgehead atoms. The van der Waals surface area contributed by atoms with Gasteiger partial charge in [0, 0.05) is 11.4 Å². The highest BCUT2D eigenvalue weighted by Gasteiger charge is 2.19. The molecule has 0 saturated carbocycles. The zero-order chi connectivity index (χ0) is 13.9. The van der Waals surface area contributed by atoms with Gasteiger partial charge in [-0.15, -0.1) is 0 Å². The van der Waals surface area contributed by atoms with E-state index >= 15 is 0 Å². The summed E-state index contributed by atoms with van der Waals surface area (Å²) in [6.07, 6.45) is -0.303. The molecule has 0 saturated heterocycles. The summed E-state index contributed by atoms with van der Waals surface area (Å²) >= 11 is 9.31. The zero-order valence-electron chi connectivity index (χ0n) is 9.92. The number of ketones is 1. The number of ether oxygens (including phenoxy) is 1. The topological polar surface area (TPSA) is 63.6 Å². The second-order valence-electron chi connectivity index (χ2n) is 3.70. The number of methoxy groups -OCH3 is 1. The molecule has 0 heterocycles. The second kappa shape index (κ2) is 6.20. The maximum Gasteiger partial charge on any atom is 0.303 e. The summed E-state index contributed by atoms with van der Waals surface area (Å²) in [6.45, 7) is 1.79. The Morgan fingerprint density at radius 1 is 1.44 bits per heavy atom. The Kier molecular flexibility index (Phi) is 5.16. The lowest BCUT2D eigenvalue weighted by Gasteiger charge is -2.12. The first kappa shape index (κ1) is 15.0. The van der Waals surface area contributed by atoms with Gasteiger partial charge < -0.3 is 9.84 Å². The highest BCUT2D eigenvalue weighted by atomic mass is 79.9. The first-order valence-corrected chi connectivity index (χ1v) is 6.33. The van der Waals surface area contributed by atoms with Gasteiger partial charge in [0.2, 0.25) is 0 Å². The Bertz CT molecular complexity index is 499. The summed E-state index contributed by atoms with van der Waals surface area (Å²) in [5, 5.41) is 9.00. The van der Waals surface area contributed by atoms with Crippen LogP contribution < -0.4 is 4.74 Å². The average Bonchev–Trinajstić information content (AvgIpc) is 2.32. The average molecular weight is 336 g/mol. The molecule has 0 unspecified atom stereocenters. The van der Waals surface area contributed by atoms with E-state index in [0.29, 0.717) is 20.8 Å². The minimum Gasteiger partial charge on any atom is -0.495 e. The summed E-state index contributed by atoms with van der Waals surface area (Å²) in [6, 6.07) is 1.50. The molecule has 1 rings (SSSR count). The molecule has 4 nitrogen and oxygen atoms in total. The van der Waals surface area contributed by atoms with Gasteiger partial charge in [0.15, 0.2) is 5.78 Å². The maximum absolute atomic E-state index is 11.9. The normalized spacial score (nSPS) is 10.2. The highest BCUT2D eigenvalue weighted by molar-refractivity contribution is 9.10. The molecule has 1 aromatic rings. The van der Waals surface area contributed by atoms with E-state index in [-0.39, 0.29) is 18.6 Å². The van der Waals surface area contributed by atoms with Crippen LogP contribution in [0.1, 0.15) is 28.8 Å². The fraction of sp³-hybridized carbons (Fsp3) is 0.333. The van der Waals surface area contributed by atoms with Crippen molar-refractivity contribution in [2.24, 2.45) is 0 Å². The second-order valence-corrected chi connectivity index (χ2v) is 4.90. The first-order chi connectivity index (χ1) is 8.38. The van der Waals surface area contributed by atoms with Gasteiger partial charge in [-0.3, -0.25) is 9.59 Å². The molecule has 0 fully saturated rings. The fourth-order valence-corrected chi connectivity index (χ4v) is 2.36. The van der Waals surface area contributed by atoms with Crippen LogP contribution in [0.2, 0.25) is 5.02 Å². The maximum atomic E-state index is 11.9. The van der Waals surface area contributed by atoms with Crippen molar-refractivity contribution in [1.29, 1.82) is 0 Å². The van der Waals surface area contributed by atoms with Crippen molar-refractivity contribution in [3.8, 4) is 5.75 Å². The van der Waals surface area contributed by atoms with Crippen LogP contribution in [0, 0.1) is 6.92 Å². The standard InChI is InChI=1S/C12H12BrClO4/c1-6-8(14)5-7(12(18-2)11(6)13)9(15)3-4-10(16)17/h5H,3-4H2,1-2H3,(H,16,17). The molecule has 0 aromatic heterocycles. The minimum absolute atomic E-state index is 0.0858. The summed E-state index contributed by atoms with van der Waals surface area (Å²) in [4.78, 5) is 22.4. The Hall–Kier alpha value is -1.07. The van der Waals surface area contributed by atoms with Gasteiger partial charge in [-0.25, -0.2) is 0 Å². The monoisotopic (exact) mass is 334 g/mol. The summed E-state index contributed by atoms with van der Waals surface area (Å²) in [5.74, 6) is -0.941. The molecule has 0 aliphatic rings. The van der Waals surface area contributed by atoms with Crippen LogP contribution in [0.3, 0.4) is 0 Å². The molecule has 0 amide bonds. The quantitative estimate of drug-likeness (QED) is 0.837. The number of benzene rings is 1. The van der Waals surface area contributed by atoms with Crippen molar-refractivity contribution >= 4 is 39.3 Å². The number of carbonyl (C=O) groups excluding carboxylic acids is 1. The Morgan fingerprint density at radius 3 is 2.56 bits per heavy atom. The van der Waals surface area contributed by atoms with Gasteiger partial charge in [-0.1, -0.05) is 11.6 Å². The summed E-state index contributed by atoms with van der Waals surface area (Å²) in [5.41, 5.74) is 1.06. The smallest absolute Gasteiger partial charge is 0.303 e. The molecule has 0 aliphatic carbocycles. The highest BCUT2D eigenvalue weighted by Crippen LogP contribution is 2.37. The van der Waals surface area contributed by atoms with Gasteiger partial charge in [0.25, 0.3) is 0 Å². The van der Waals surface area contributed by atoms with E-state index in [2.05, 4.69) is 15.9 Å². The van der Waals surface area contributed by atoms with E-state index in [0.717, 1.165) is 5.56 Å². The lowest BCUT2D eigenvalue weighted by Crippen LogP contribution is -2.06. The van der Waals surface area contributed by atoms with Crippen LogP contribution >= 0.6 is 27.5 Å². The minimum atomic E-state index is -1.01. The fourth-order valence-electron chi connectivity index (χ4n) is 1.46. The largest absolute Gasteiger partial charge is 0.495 e.